The average Bonchev–Trinajstić information content (AvgIpc) is 2.36. The van der Waals surface area contributed by atoms with Gasteiger partial charge in [0, 0.05) is 0 Å². The Morgan fingerprint density at radius 2 is 1.90 bits per heavy atom. The Morgan fingerprint density at radius 1 is 1.20 bits per heavy atom. The summed E-state index contributed by atoms with van der Waals surface area (Å²) in [4.78, 5) is 25.3. The van der Waals surface area contributed by atoms with E-state index < -0.39 is 11.9 Å². The molecule has 0 aromatic rings. The van der Waals surface area contributed by atoms with Gasteiger partial charge in [0.1, 0.15) is 13.1 Å². The Morgan fingerprint density at radius 3 is 2.50 bits per heavy atom. The first kappa shape index (κ1) is 16.0. The highest BCUT2D eigenvalue weighted by atomic mass is 16.5. The Bertz CT molecular complexity index is 428. The van der Waals surface area contributed by atoms with E-state index in [0.717, 1.165) is 19.3 Å². The zero-order valence-electron chi connectivity index (χ0n) is 11.5. The zero-order chi connectivity index (χ0) is 15.0. The Hall–Kier alpha value is -2.05. The molecule has 0 aliphatic heterocycles. The highest BCUT2D eigenvalue weighted by Gasteiger charge is 2.17. The number of aliphatic carboxylic acids is 2. The minimum absolute atomic E-state index is 0.200. The fraction of sp³-hybridized carbons (Fsp3) is 0.615. The van der Waals surface area contributed by atoms with Crippen molar-refractivity contribution in [3.05, 3.63) is 11.5 Å². The Labute approximate surface area is 117 Å². The first-order valence-corrected chi connectivity index (χ1v) is 6.53. The van der Waals surface area contributed by atoms with Gasteiger partial charge in [0.2, 0.25) is 0 Å². The molecule has 1 aliphatic rings. The lowest BCUT2D eigenvalue weighted by Gasteiger charge is -2.19. The normalized spacial score (nSPS) is 21.9. The van der Waals surface area contributed by atoms with Crippen LogP contribution >= 0.6 is 0 Å². The van der Waals surface area contributed by atoms with E-state index in [9.17, 15) is 9.59 Å². The van der Waals surface area contributed by atoms with Gasteiger partial charge in [0.05, 0.1) is 18.5 Å². The van der Waals surface area contributed by atoms with Crippen LogP contribution in [0.2, 0.25) is 0 Å². The summed E-state index contributed by atoms with van der Waals surface area (Å²) < 4.78 is 5.32. The predicted molar refractivity (Wildman–Crippen MR) is 72.7 cm³/mol. The largest absolute Gasteiger partial charge is 0.493 e. The fourth-order valence-electron chi connectivity index (χ4n) is 2.08. The fourth-order valence-corrected chi connectivity index (χ4v) is 2.08. The van der Waals surface area contributed by atoms with Crippen molar-refractivity contribution in [2.45, 2.75) is 32.1 Å². The van der Waals surface area contributed by atoms with E-state index in [0.29, 0.717) is 30.0 Å². The van der Waals surface area contributed by atoms with Crippen molar-refractivity contribution in [3.8, 4) is 0 Å². The molecule has 1 rings (SSSR count). The van der Waals surface area contributed by atoms with Crippen LogP contribution in [0.25, 0.3) is 0 Å². The molecule has 0 radical (unpaired) electrons. The highest BCUT2D eigenvalue weighted by molar-refractivity contribution is 5.99. The van der Waals surface area contributed by atoms with E-state index in [1.807, 2.05) is 0 Å². The maximum Gasteiger partial charge on any atom is 0.325 e. The SMILES string of the molecule is CO/C1=C(\NCC(=O)O)CCCCCC1=NCC(=O)O. The molecule has 0 heterocycles. The summed E-state index contributed by atoms with van der Waals surface area (Å²) in [7, 11) is 1.48. The molecular weight excluding hydrogens is 264 g/mol. The molecule has 0 spiro atoms. The third-order valence-corrected chi connectivity index (χ3v) is 2.94. The summed E-state index contributed by atoms with van der Waals surface area (Å²) in [5.74, 6) is -1.48. The molecule has 0 amide bonds. The second-order valence-electron chi connectivity index (χ2n) is 4.48. The van der Waals surface area contributed by atoms with E-state index in [1.54, 1.807) is 0 Å². The van der Waals surface area contributed by atoms with Crippen LogP contribution in [0.1, 0.15) is 32.1 Å². The van der Waals surface area contributed by atoms with E-state index in [2.05, 4.69) is 10.3 Å². The standard InChI is InChI=1S/C13H20N2O5/c1-20-13-9(14-7-11(16)17)5-3-2-4-6-10(13)15-8-12(18)19/h14H,2-8H2,1H3,(H,16,17)(H,18,19)/b13-9-,15-10?. The van der Waals surface area contributed by atoms with Crippen molar-refractivity contribution in [2.75, 3.05) is 20.2 Å². The molecule has 0 fully saturated rings. The van der Waals surface area contributed by atoms with Gasteiger partial charge in [-0.05, 0) is 25.7 Å². The number of rotatable bonds is 6. The van der Waals surface area contributed by atoms with E-state index in [-0.39, 0.29) is 13.1 Å². The lowest BCUT2D eigenvalue weighted by atomic mass is 10.0. The Balaban J connectivity index is 3.00. The molecule has 0 aromatic heterocycles. The molecule has 0 aromatic carbocycles. The number of ether oxygens (including phenoxy) is 1. The first-order chi connectivity index (χ1) is 9.54. The topological polar surface area (TPSA) is 108 Å². The monoisotopic (exact) mass is 284 g/mol. The van der Waals surface area contributed by atoms with Crippen LogP contribution in [0, 0.1) is 0 Å². The lowest BCUT2D eigenvalue weighted by molar-refractivity contribution is -0.136. The average molecular weight is 284 g/mol. The molecule has 0 unspecified atom stereocenters. The lowest BCUT2D eigenvalue weighted by Crippen LogP contribution is -2.26. The number of carboxylic acids is 2. The third kappa shape index (κ3) is 5.29. The molecule has 0 saturated heterocycles. The molecule has 1 aliphatic carbocycles. The van der Waals surface area contributed by atoms with Crippen LogP contribution in [0.3, 0.4) is 0 Å². The van der Waals surface area contributed by atoms with Gasteiger partial charge >= 0.3 is 11.9 Å². The number of nitrogens with zero attached hydrogens (tertiary/aromatic N) is 1. The quantitative estimate of drug-likeness (QED) is 0.671. The summed E-state index contributed by atoms with van der Waals surface area (Å²) in [6.07, 6.45) is 4.14. The number of methoxy groups -OCH3 is 1. The highest BCUT2D eigenvalue weighted by Crippen LogP contribution is 2.20. The van der Waals surface area contributed by atoms with Crippen LogP contribution in [0.15, 0.2) is 16.4 Å². The smallest absolute Gasteiger partial charge is 0.325 e. The maximum absolute atomic E-state index is 10.7. The van der Waals surface area contributed by atoms with Gasteiger partial charge in [-0.25, -0.2) is 0 Å². The second-order valence-corrected chi connectivity index (χ2v) is 4.48. The minimum Gasteiger partial charge on any atom is -0.493 e. The van der Waals surface area contributed by atoms with Crippen LogP contribution in [-0.4, -0.2) is 48.1 Å². The van der Waals surface area contributed by atoms with Crippen LogP contribution in [0.5, 0.6) is 0 Å². The van der Waals surface area contributed by atoms with Crippen molar-refractivity contribution in [1.29, 1.82) is 0 Å². The molecule has 7 nitrogen and oxygen atoms in total. The Kier molecular flexibility index (Phi) is 6.55. The molecule has 7 heteroatoms. The molecular formula is C13H20N2O5. The van der Waals surface area contributed by atoms with E-state index >= 15 is 0 Å². The van der Waals surface area contributed by atoms with Gasteiger partial charge in [0.25, 0.3) is 0 Å². The van der Waals surface area contributed by atoms with Gasteiger partial charge in [-0.15, -0.1) is 0 Å². The van der Waals surface area contributed by atoms with Crippen molar-refractivity contribution in [1.82, 2.24) is 5.32 Å². The number of nitrogens with one attached hydrogen (secondary N) is 1. The van der Waals surface area contributed by atoms with Crippen molar-refractivity contribution in [2.24, 2.45) is 4.99 Å². The van der Waals surface area contributed by atoms with Crippen molar-refractivity contribution in [3.63, 3.8) is 0 Å². The van der Waals surface area contributed by atoms with Gasteiger partial charge in [-0.3, -0.25) is 14.6 Å². The first-order valence-electron chi connectivity index (χ1n) is 6.53. The van der Waals surface area contributed by atoms with Gasteiger partial charge < -0.3 is 20.3 Å². The third-order valence-electron chi connectivity index (χ3n) is 2.94. The number of hydrogen-bond acceptors (Lipinski definition) is 5. The number of allylic oxidation sites excluding steroid dienone is 2. The van der Waals surface area contributed by atoms with Crippen LogP contribution < -0.4 is 5.32 Å². The summed E-state index contributed by atoms with van der Waals surface area (Å²) in [6.45, 7) is -0.511. The number of carbonyl (C=O) groups is 2. The summed E-state index contributed by atoms with van der Waals surface area (Å²) >= 11 is 0. The van der Waals surface area contributed by atoms with Crippen molar-refractivity contribution >= 4 is 17.7 Å². The maximum atomic E-state index is 10.7. The molecule has 3 N–H and O–H groups in total. The minimum atomic E-state index is -1.00. The number of carboxylic acid groups (broad SMARTS) is 2. The molecule has 20 heavy (non-hydrogen) atoms. The van der Waals surface area contributed by atoms with Crippen LogP contribution in [-0.2, 0) is 14.3 Å². The molecule has 0 bridgehead atoms. The molecule has 112 valence electrons. The van der Waals surface area contributed by atoms with Crippen LogP contribution in [0.4, 0.5) is 0 Å². The summed E-state index contributed by atoms with van der Waals surface area (Å²) in [5, 5.41) is 20.3. The molecule has 0 saturated carbocycles. The molecule has 0 atom stereocenters. The predicted octanol–water partition coefficient (Wildman–Crippen LogP) is 1.01. The summed E-state index contributed by atoms with van der Waals surface area (Å²) in [5.41, 5.74) is 1.27. The zero-order valence-corrected chi connectivity index (χ0v) is 11.5. The van der Waals surface area contributed by atoms with Gasteiger partial charge in [0.15, 0.2) is 5.76 Å². The number of hydrogen-bond donors (Lipinski definition) is 3. The van der Waals surface area contributed by atoms with E-state index in [1.165, 1.54) is 7.11 Å². The van der Waals surface area contributed by atoms with Crippen molar-refractivity contribution < 1.29 is 24.5 Å². The van der Waals surface area contributed by atoms with E-state index in [4.69, 9.17) is 14.9 Å². The number of aliphatic imine (C=N–C) groups is 1. The summed E-state index contributed by atoms with van der Waals surface area (Å²) in [6, 6.07) is 0. The second kappa shape index (κ2) is 8.19. The van der Waals surface area contributed by atoms with Gasteiger partial charge in [-0.1, -0.05) is 6.42 Å². The van der Waals surface area contributed by atoms with Gasteiger partial charge in [-0.2, -0.15) is 0 Å².